The van der Waals surface area contributed by atoms with Crippen LogP contribution in [-0.2, 0) is 14.3 Å². The highest BCUT2D eigenvalue weighted by molar-refractivity contribution is 5.87. The number of carbonyl (C=O) groups excluding carboxylic acids is 2. The summed E-state index contributed by atoms with van der Waals surface area (Å²) in [4.78, 5) is 24.0. The first kappa shape index (κ1) is 14.5. The van der Waals surface area contributed by atoms with E-state index in [4.69, 9.17) is 4.74 Å². The molecule has 0 aromatic rings. The molecule has 0 spiro atoms. The van der Waals surface area contributed by atoms with Gasteiger partial charge in [-0.2, -0.15) is 0 Å². The highest BCUT2D eigenvalue weighted by Crippen LogP contribution is 2.34. The van der Waals surface area contributed by atoms with Crippen LogP contribution in [0.1, 0.15) is 65.2 Å². The summed E-state index contributed by atoms with van der Waals surface area (Å²) in [5.74, 6) is -0.0166. The molecule has 0 aliphatic heterocycles. The fourth-order valence-electron chi connectivity index (χ4n) is 3.58. The van der Waals surface area contributed by atoms with E-state index in [-0.39, 0.29) is 23.8 Å². The number of rotatable bonds is 4. The first-order valence-corrected chi connectivity index (χ1v) is 7.85. The van der Waals surface area contributed by atoms with Crippen molar-refractivity contribution in [3.8, 4) is 0 Å². The van der Waals surface area contributed by atoms with Gasteiger partial charge < -0.3 is 4.74 Å². The van der Waals surface area contributed by atoms with Gasteiger partial charge in [-0.1, -0.05) is 39.5 Å². The quantitative estimate of drug-likeness (QED) is 0.575. The number of esters is 2. The molecule has 0 radical (unpaired) electrons. The van der Waals surface area contributed by atoms with E-state index in [0.717, 1.165) is 25.7 Å². The third-order valence-corrected chi connectivity index (χ3v) is 5.16. The lowest BCUT2D eigenvalue weighted by Gasteiger charge is -2.20. The molecule has 3 heteroatoms. The lowest BCUT2D eigenvalue weighted by molar-refractivity contribution is -0.167. The van der Waals surface area contributed by atoms with E-state index >= 15 is 0 Å². The Morgan fingerprint density at radius 1 is 0.789 bits per heavy atom. The standard InChI is InChI=1S/C16H26O3/c1-11(13-7-3-4-8-13)15(17)19-16(18)12(2)14-9-5-6-10-14/h11-14H,3-10H2,1-2H3. The van der Waals surface area contributed by atoms with Crippen molar-refractivity contribution in [1.29, 1.82) is 0 Å². The first-order chi connectivity index (χ1) is 9.09. The summed E-state index contributed by atoms with van der Waals surface area (Å²) < 4.78 is 5.12. The van der Waals surface area contributed by atoms with Gasteiger partial charge in [-0.25, -0.2) is 0 Å². The Hall–Kier alpha value is -0.860. The second-order valence-electron chi connectivity index (χ2n) is 6.41. The van der Waals surface area contributed by atoms with Gasteiger partial charge in [-0.15, -0.1) is 0 Å². The van der Waals surface area contributed by atoms with E-state index in [1.54, 1.807) is 0 Å². The molecule has 3 nitrogen and oxygen atoms in total. The fourth-order valence-corrected chi connectivity index (χ4v) is 3.58. The minimum Gasteiger partial charge on any atom is -0.393 e. The number of carbonyl (C=O) groups is 2. The summed E-state index contributed by atoms with van der Waals surface area (Å²) in [7, 11) is 0. The lowest BCUT2D eigenvalue weighted by Crippen LogP contribution is -2.29. The van der Waals surface area contributed by atoms with E-state index in [1.165, 1.54) is 25.7 Å². The summed E-state index contributed by atoms with van der Waals surface area (Å²) in [6, 6.07) is 0. The molecule has 0 N–H and O–H groups in total. The molecule has 2 aliphatic carbocycles. The minimum atomic E-state index is -0.304. The molecule has 2 saturated carbocycles. The summed E-state index contributed by atoms with van der Waals surface area (Å²) in [6.45, 7) is 3.82. The summed E-state index contributed by atoms with van der Waals surface area (Å²) in [5, 5.41) is 0. The van der Waals surface area contributed by atoms with Gasteiger partial charge >= 0.3 is 11.9 Å². The van der Waals surface area contributed by atoms with Gasteiger partial charge in [0.2, 0.25) is 0 Å². The fraction of sp³-hybridized carbons (Fsp3) is 0.875. The molecule has 0 saturated heterocycles. The number of ether oxygens (including phenoxy) is 1. The van der Waals surface area contributed by atoms with Crippen LogP contribution in [0, 0.1) is 23.7 Å². The summed E-state index contributed by atoms with van der Waals surface area (Å²) >= 11 is 0. The van der Waals surface area contributed by atoms with Crippen molar-refractivity contribution in [2.75, 3.05) is 0 Å². The molecule has 0 aromatic carbocycles. The van der Waals surface area contributed by atoms with E-state index < -0.39 is 0 Å². The summed E-state index contributed by atoms with van der Waals surface area (Å²) in [6.07, 6.45) is 9.21. The zero-order chi connectivity index (χ0) is 13.8. The SMILES string of the molecule is CC(C(=O)OC(=O)C(C)C1CCCC1)C1CCCC1. The van der Waals surface area contributed by atoms with E-state index in [1.807, 2.05) is 13.8 Å². The van der Waals surface area contributed by atoms with Crippen LogP contribution in [0.2, 0.25) is 0 Å². The molecule has 2 fully saturated rings. The predicted molar refractivity (Wildman–Crippen MR) is 73.3 cm³/mol. The Balaban J connectivity index is 1.81. The molecule has 2 unspecified atom stereocenters. The highest BCUT2D eigenvalue weighted by Gasteiger charge is 2.33. The largest absolute Gasteiger partial charge is 0.393 e. The van der Waals surface area contributed by atoms with Crippen LogP contribution in [0.25, 0.3) is 0 Å². The first-order valence-electron chi connectivity index (χ1n) is 7.85. The average molecular weight is 266 g/mol. The molecule has 0 aromatic heterocycles. The second-order valence-corrected chi connectivity index (χ2v) is 6.41. The molecule has 0 amide bonds. The maximum Gasteiger partial charge on any atom is 0.316 e. The lowest BCUT2D eigenvalue weighted by atomic mass is 9.91. The molecule has 2 rings (SSSR count). The van der Waals surface area contributed by atoms with Crippen LogP contribution in [0.5, 0.6) is 0 Å². The topological polar surface area (TPSA) is 43.4 Å². The van der Waals surface area contributed by atoms with Crippen molar-refractivity contribution in [3.63, 3.8) is 0 Å². The van der Waals surface area contributed by atoms with E-state index in [9.17, 15) is 9.59 Å². The second kappa shape index (κ2) is 6.53. The molecular formula is C16H26O3. The number of hydrogen-bond acceptors (Lipinski definition) is 3. The monoisotopic (exact) mass is 266 g/mol. The molecule has 19 heavy (non-hydrogen) atoms. The van der Waals surface area contributed by atoms with Gasteiger partial charge in [0, 0.05) is 0 Å². The van der Waals surface area contributed by atoms with Gasteiger partial charge in [0.25, 0.3) is 0 Å². The molecule has 0 heterocycles. The molecular weight excluding hydrogens is 240 g/mol. The van der Waals surface area contributed by atoms with Crippen molar-refractivity contribution in [3.05, 3.63) is 0 Å². The van der Waals surface area contributed by atoms with Crippen LogP contribution >= 0.6 is 0 Å². The Bertz CT molecular complexity index is 293. The third-order valence-electron chi connectivity index (χ3n) is 5.16. The number of hydrogen-bond donors (Lipinski definition) is 0. The van der Waals surface area contributed by atoms with E-state index in [0.29, 0.717) is 11.8 Å². The molecule has 2 aliphatic rings. The van der Waals surface area contributed by atoms with Gasteiger partial charge in [0.05, 0.1) is 11.8 Å². The Morgan fingerprint density at radius 2 is 1.11 bits per heavy atom. The summed E-state index contributed by atoms with van der Waals surface area (Å²) in [5.41, 5.74) is 0. The van der Waals surface area contributed by atoms with Gasteiger partial charge in [0.15, 0.2) is 0 Å². The predicted octanol–water partition coefficient (Wildman–Crippen LogP) is 3.71. The van der Waals surface area contributed by atoms with Crippen LogP contribution in [0.15, 0.2) is 0 Å². The van der Waals surface area contributed by atoms with Gasteiger partial charge in [-0.05, 0) is 37.5 Å². The Kier molecular flexibility index (Phi) is 5.00. The van der Waals surface area contributed by atoms with Crippen molar-refractivity contribution >= 4 is 11.9 Å². The van der Waals surface area contributed by atoms with Crippen molar-refractivity contribution < 1.29 is 14.3 Å². The zero-order valence-corrected chi connectivity index (χ0v) is 12.2. The van der Waals surface area contributed by atoms with E-state index in [2.05, 4.69) is 0 Å². The minimum absolute atomic E-state index is 0.123. The van der Waals surface area contributed by atoms with Crippen molar-refractivity contribution in [1.82, 2.24) is 0 Å². The van der Waals surface area contributed by atoms with Gasteiger partial charge in [0.1, 0.15) is 0 Å². The smallest absolute Gasteiger partial charge is 0.316 e. The third kappa shape index (κ3) is 3.58. The molecule has 2 atom stereocenters. The zero-order valence-electron chi connectivity index (χ0n) is 12.2. The van der Waals surface area contributed by atoms with Crippen LogP contribution in [0.3, 0.4) is 0 Å². The normalized spacial score (nSPS) is 24.3. The molecule has 0 bridgehead atoms. The van der Waals surface area contributed by atoms with Crippen LogP contribution in [-0.4, -0.2) is 11.9 Å². The maximum atomic E-state index is 12.0. The van der Waals surface area contributed by atoms with Gasteiger partial charge in [-0.3, -0.25) is 9.59 Å². The maximum absolute atomic E-state index is 12.0. The highest BCUT2D eigenvalue weighted by atomic mass is 16.6. The Labute approximate surface area is 116 Å². The van der Waals surface area contributed by atoms with Crippen molar-refractivity contribution in [2.24, 2.45) is 23.7 Å². The Morgan fingerprint density at radius 3 is 1.42 bits per heavy atom. The average Bonchev–Trinajstić information content (AvgIpc) is 3.09. The van der Waals surface area contributed by atoms with Crippen molar-refractivity contribution in [2.45, 2.75) is 65.2 Å². The van der Waals surface area contributed by atoms with Crippen LogP contribution in [0.4, 0.5) is 0 Å². The van der Waals surface area contributed by atoms with Crippen LogP contribution < -0.4 is 0 Å². The molecule has 108 valence electrons.